The van der Waals surface area contributed by atoms with Crippen LogP contribution < -0.4 is 20.8 Å². The predicted octanol–water partition coefficient (Wildman–Crippen LogP) is 6.83. The first-order chi connectivity index (χ1) is 17.5. The van der Waals surface area contributed by atoms with Gasteiger partial charge in [0.1, 0.15) is 5.82 Å². The number of pyridine rings is 1. The monoisotopic (exact) mass is 486 g/mol. The number of benzene rings is 4. The highest BCUT2D eigenvalue weighted by Gasteiger charge is 2.37. The molecule has 0 N–H and O–H groups in total. The maximum Gasteiger partial charge on any atom is 0.172 e. The van der Waals surface area contributed by atoms with E-state index in [2.05, 4.69) is 67.3 Å². The fraction of sp³-hybridized carbons (Fsp3) is 0.0938. The Morgan fingerprint density at radius 3 is 1.53 bits per heavy atom. The molecule has 176 valence electrons. The van der Waals surface area contributed by atoms with Crippen molar-refractivity contribution in [3.05, 3.63) is 139 Å². The van der Waals surface area contributed by atoms with Crippen LogP contribution in [-0.2, 0) is 9.98 Å². The summed E-state index contributed by atoms with van der Waals surface area (Å²) >= 11 is 0. The average molecular weight is 487 g/mol. The van der Waals surface area contributed by atoms with Crippen LogP contribution in [-0.4, -0.2) is 4.98 Å². The minimum absolute atomic E-state index is 0.125. The van der Waals surface area contributed by atoms with Crippen LogP contribution in [0.5, 0.6) is 0 Å². The third-order valence-electron chi connectivity index (χ3n) is 7.20. The van der Waals surface area contributed by atoms with Gasteiger partial charge in [-0.1, -0.05) is 111 Å². The largest absolute Gasteiger partial charge is 0.309 e. The molecule has 3 nitrogen and oxygen atoms in total. The van der Waals surface area contributed by atoms with Crippen molar-refractivity contribution in [3.8, 4) is 0 Å². The molecule has 1 aliphatic rings. The second-order valence-electron chi connectivity index (χ2n) is 9.65. The summed E-state index contributed by atoms with van der Waals surface area (Å²) in [7, 11) is -3.07. The molecule has 0 saturated carbocycles. The van der Waals surface area contributed by atoms with E-state index in [9.17, 15) is 4.57 Å². The lowest BCUT2D eigenvalue weighted by Gasteiger charge is -2.41. The molecule has 4 heteroatoms. The number of para-hydroxylation sites is 2. The minimum Gasteiger partial charge on any atom is -0.309 e. The summed E-state index contributed by atoms with van der Waals surface area (Å²) in [5, 5.41) is 2.34. The second-order valence-corrected chi connectivity index (χ2v) is 12.4. The van der Waals surface area contributed by atoms with E-state index in [-0.39, 0.29) is 5.41 Å². The van der Waals surface area contributed by atoms with Gasteiger partial charge >= 0.3 is 0 Å². The van der Waals surface area contributed by atoms with Gasteiger partial charge in [0.2, 0.25) is 0 Å². The average Bonchev–Trinajstić information content (AvgIpc) is 2.94. The normalized spacial score (nSPS) is 14.1. The fourth-order valence-electron chi connectivity index (χ4n) is 5.34. The number of fused-ring (bicyclic) bond motifs is 2. The first kappa shape index (κ1) is 22.5. The van der Waals surface area contributed by atoms with Crippen molar-refractivity contribution >= 4 is 40.2 Å². The van der Waals surface area contributed by atoms with Crippen LogP contribution >= 0.6 is 7.14 Å². The van der Waals surface area contributed by atoms with Gasteiger partial charge < -0.3 is 4.57 Å². The lowest BCUT2D eigenvalue weighted by atomic mass is 9.73. The lowest BCUT2D eigenvalue weighted by molar-refractivity contribution is 0.592. The molecule has 1 aromatic heterocycles. The molecule has 6 rings (SSSR count). The molecule has 5 aromatic rings. The summed E-state index contributed by atoms with van der Waals surface area (Å²) < 4.78 is 14.7. The summed E-state index contributed by atoms with van der Waals surface area (Å²) in [6, 6.07) is 40.5. The molecule has 0 saturated heterocycles. The molecule has 4 aromatic carbocycles. The molecule has 0 radical (unpaired) electrons. The number of hydrogen-bond acceptors (Lipinski definition) is 3. The van der Waals surface area contributed by atoms with Crippen molar-refractivity contribution in [2.24, 2.45) is 0 Å². The highest BCUT2D eigenvalue weighted by Crippen LogP contribution is 2.51. The van der Waals surface area contributed by atoms with E-state index in [0.29, 0.717) is 0 Å². The van der Waals surface area contributed by atoms with E-state index in [1.165, 1.54) is 11.1 Å². The van der Waals surface area contributed by atoms with Crippen LogP contribution in [0.15, 0.2) is 128 Å². The minimum atomic E-state index is -3.07. The topological polar surface area (TPSA) is 33.2 Å². The number of aromatic nitrogens is 1. The molecule has 0 atom stereocenters. The Hall–Kier alpha value is -3.94. The summed E-state index contributed by atoms with van der Waals surface area (Å²) in [5.74, 6) is 0.807. The Kier molecular flexibility index (Phi) is 5.39. The van der Waals surface area contributed by atoms with Crippen molar-refractivity contribution in [1.29, 1.82) is 0 Å². The second kappa shape index (κ2) is 8.62. The van der Waals surface area contributed by atoms with Gasteiger partial charge in [0.25, 0.3) is 0 Å². The zero-order chi connectivity index (χ0) is 24.8. The van der Waals surface area contributed by atoms with Gasteiger partial charge in [-0.05, 0) is 35.4 Å². The van der Waals surface area contributed by atoms with Crippen LogP contribution in [0.4, 0.5) is 17.2 Å². The van der Waals surface area contributed by atoms with E-state index < -0.39 is 7.14 Å². The molecule has 1 aliphatic heterocycles. The number of rotatable bonds is 4. The van der Waals surface area contributed by atoms with E-state index in [1.807, 2.05) is 72.8 Å². The van der Waals surface area contributed by atoms with Crippen molar-refractivity contribution in [3.63, 3.8) is 0 Å². The zero-order valence-electron chi connectivity index (χ0n) is 20.4. The Labute approximate surface area is 212 Å². The van der Waals surface area contributed by atoms with Crippen molar-refractivity contribution in [1.82, 2.24) is 4.98 Å². The SMILES string of the molecule is CC1(C)c2ccccc2N(c2ccc(P(=O)(c3ccccc3)c3ccccc3)cn2)c2ccccc21. The predicted molar refractivity (Wildman–Crippen MR) is 150 cm³/mol. The maximum atomic E-state index is 14.7. The number of hydrogen-bond donors (Lipinski definition) is 0. The van der Waals surface area contributed by atoms with Gasteiger partial charge in [0, 0.05) is 27.5 Å². The van der Waals surface area contributed by atoms with Crippen LogP contribution in [0.3, 0.4) is 0 Å². The lowest BCUT2D eigenvalue weighted by Crippen LogP contribution is -2.31. The zero-order valence-corrected chi connectivity index (χ0v) is 21.3. The standard InChI is InChI=1S/C32H27N2OP/c1-32(2)27-17-9-11-19-29(27)34(30-20-12-10-18-28(30)32)31-22-21-26(23-33-31)36(35,24-13-5-3-6-14-24)25-15-7-4-8-16-25/h3-23H,1-2H3. The third kappa shape index (κ3) is 3.43. The first-order valence-corrected chi connectivity index (χ1v) is 13.9. The quantitative estimate of drug-likeness (QED) is 0.261. The van der Waals surface area contributed by atoms with Gasteiger partial charge in [0.15, 0.2) is 7.14 Å². The van der Waals surface area contributed by atoms with E-state index in [0.717, 1.165) is 33.1 Å². The smallest absolute Gasteiger partial charge is 0.172 e. The Bertz CT molecular complexity index is 1490. The van der Waals surface area contributed by atoms with Crippen LogP contribution in [0, 0.1) is 0 Å². The molecule has 0 fully saturated rings. The van der Waals surface area contributed by atoms with Gasteiger partial charge in [-0.15, -0.1) is 0 Å². The van der Waals surface area contributed by atoms with Gasteiger partial charge in [-0.25, -0.2) is 4.98 Å². The highest BCUT2D eigenvalue weighted by molar-refractivity contribution is 7.85. The molecule has 2 heterocycles. The van der Waals surface area contributed by atoms with E-state index in [1.54, 1.807) is 6.20 Å². The fourth-order valence-corrected chi connectivity index (χ4v) is 7.92. The van der Waals surface area contributed by atoms with E-state index >= 15 is 0 Å². The molecule has 0 spiro atoms. The van der Waals surface area contributed by atoms with Crippen molar-refractivity contribution < 1.29 is 4.57 Å². The summed E-state index contributed by atoms with van der Waals surface area (Å²) in [4.78, 5) is 7.14. The van der Waals surface area contributed by atoms with Gasteiger partial charge in [-0.2, -0.15) is 0 Å². The van der Waals surface area contributed by atoms with Gasteiger partial charge in [-0.3, -0.25) is 4.90 Å². The maximum absolute atomic E-state index is 14.7. The summed E-state index contributed by atoms with van der Waals surface area (Å²) in [5.41, 5.74) is 4.63. The van der Waals surface area contributed by atoms with E-state index in [4.69, 9.17) is 4.98 Å². The number of nitrogens with zero attached hydrogens (tertiary/aromatic N) is 2. The van der Waals surface area contributed by atoms with Crippen molar-refractivity contribution in [2.75, 3.05) is 4.90 Å². The third-order valence-corrected chi connectivity index (χ3v) is 10.2. The van der Waals surface area contributed by atoms with Crippen LogP contribution in [0.25, 0.3) is 0 Å². The molecule has 36 heavy (non-hydrogen) atoms. The van der Waals surface area contributed by atoms with Gasteiger partial charge in [0.05, 0.1) is 11.4 Å². The molecular weight excluding hydrogens is 459 g/mol. The molecule has 0 amide bonds. The molecule has 0 bridgehead atoms. The Morgan fingerprint density at radius 2 is 1.06 bits per heavy atom. The molecule has 0 unspecified atom stereocenters. The van der Waals surface area contributed by atoms with Crippen molar-refractivity contribution in [2.45, 2.75) is 19.3 Å². The first-order valence-electron chi connectivity index (χ1n) is 12.2. The summed E-state index contributed by atoms with van der Waals surface area (Å²) in [6.45, 7) is 4.54. The molecular formula is C32H27N2OP. The summed E-state index contributed by atoms with van der Waals surface area (Å²) in [6.07, 6.45) is 1.79. The number of anilines is 3. The van der Waals surface area contributed by atoms with Crippen LogP contribution in [0.2, 0.25) is 0 Å². The van der Waals surface area contributed by atoms with Crippen LogP contribution in [0.1, 0.15) is 25.0 Å². The Balaban J connectivity index is 1.51. The molecule has 0 aliphatic carbocycles. The highest BCUT2D eigenvalue weighted by atomic mass is 31.2. The Morgan fingerprint density at radius 1 is 0.583 bits per heavy atom.